The number of nitrogen functional groups attached to an aromatic ring is 1. The first-order valence-corrected chi connectivity index (χ1v) is 36.1. The van der Waals surface area contributed by atoms with E-state index in [9.17, 15) is 46.7 Å². The topological polar surface area (TPSA) is 511 Å². The Kier molecular flexibility index (Phi) is 35.1. The second-order valence-electron chi connectivity index (χ2n) is 27.2. The van der Waals surface area contributed by atoms with Gasteiger partial charge in [-0.2, -0.15) is 33.6 Å². The predicted molar refractivity (Wildman–Crippen MR) is 459 cm³/mol. The van der Waals surface area contributed by atoms with E-state index in [4.69, 9.17) is 63.0 Å². The zero-order chi connectivity index (χ0) is 87.0. The average molecular weight is 1740 g/mol. The maximum absolute atomic E-state index is 13.0. The summed E-state index contributed by atoms with van der Waals surface area (Å²) in [6.07, 6.45) is 12.5. The molecule has 0 radical (unpaired) electrons. The lowest BCUT2D eigenvalue weighted by Gasteiger charge is -2.19. The number of rotatable bonds is 24. The fourth-order valence-electron chi connectivity index (χ4n) is 10.1. The van der Waals surface area contributed by atoms with Crippen molar-refractivity contribution in [3.63, 3.8) is 0 Å². The van der Waals surface area contributed by atoms with E-state index in [0.717, 1.165) is 17.7 Å². The molecule has 125 heavy (non-hydrogen) atoms. The zero-order valence-corrected chi connectivity index (χ0v) is 66.0. The molecule has 0 saturated heterocycles. The molecule has 0 aliphatic heterocycles. The molecule has 0 aliphatic carbocycles. The number of nitrogens with one attached hydrogen (secondary N) is 4. The van der Waals surface area contributed by atoms with Crippen molar-refractivity contribution in [3.8, 4) is 91.5 Å². The molecule has 0 atom stereocenters. The highest BCUT2D eigenvalue weighted by Crippen LogP contribution is 2.37. The number of esters is 1. The summed E-state index contributed by atoms with van der Waals surface area (Å²) in [5, 5.41) is 26.0. The first-order chi connectivity index (χ1) is 57.5. The van der Waals surface area contributed by atoms with Crippen molar-refractivity contribution in [2.24, 2.45) is 17.2 Å². The SMILES string of the molecule is C.C.C.C.CC(C)(C)OC(=O)Nc1cccc(Oc2cc(-c3cnn(CC(N)=O)c3)ncn2)c1.COC(=O)Cn1cc(-c2cc(Oc3cccc(NC(=O)OC(C)(C)C)c3)ncn2)cn1.NC(=O)Cn1cc(-c2cc(Oc3cccc(N)c3)ncn2)cn1.NC(=O)Cn1cc(-c2cc(Oc3cccc(NC(=O)Nc4ccc(Cl)c(C(F)(F)F)c4)c3)ncn2)cn1. The molecule has 0 bridgehead atoms. The molecule has 0 saturated carbocycles. The van der Waals surface area contributed by atoms with Gasteiger partial charge in [-0.05, 0) is 108 Å². The number of ether oxygens (including phenoxy) is 7. The number of nitrogens with zero attached hydrogens (tertiary/aromatic N) is 16. The van der Waals surface area contributed by atoms with Crippen molar-refractivity contribution in [3.05, 3.63) is 225 Å². The Hall–Kier alpha value is -16.0. The Labute approximate surface area is 720 Å². The van der Waals surface area contributed by atoms with Gasteiger partial charge in [0.15, 0.2) is 0 Å². The third-order valence-corrected chi connectivity index (χ3v) is 15.4. The zero-order valence-electron chi connectivity index (χ0n) is 65.2. The summed E-state index contributed by atoms with van der Waals surface area (Å²) in [4.78, 5) is 114. The lowest BCUT2D eigenvalue weighted by molar-refractivity contribution is -0.141. The fraction of sp³-hybridized carbons (Fsp3) is 0.217. The van der Waals surface area contributed by atoms with Crippen LogP contribution in [-0.4, -0.2) is 139 Å². The number of anilines is 5. The molecule has 8 heterocycles. The van der Waals surface area contributed by atoms with Crippen LogP contribution in [-0.2, 0) is 65.7 Å². The standard InChI is InChI=1S/C23H17ClF3N7O3.C21H23N5O5.C20H22N6O4.C15H14N6O2.4CH4/c24-18-5-4-15(7-17(18)23(25,26)27)33-22(36)32-14-2-1-3-16(6-14)37-21-8-19(29-12-30-21)13-9-31-34(10-13)11-20(28)35;1-21(2,3)31-20(28)25-15-6-5-7-16(8-15)30-18-9-17(22-13-23-18)14-10-24-26(11-14)12-19(27)29-4;1-20(2,3)30-19(28)25-14-5-4-6-15(7-14)29-18-8-16(22-12-23-18)13-9-24-26(10-13)11-17(21)27;16-11-2-1-3-12(4-11)23-15-5-13(18-9-19-15)10-6-20-21(7-10)8-14(17)22;;;;/h1-10,12H,11H2,(H2,28,35)(H2,32,33,36);5-11,13H,12H2,1-4H3,(H,25,28);4-10,12H,11H2,1-3H3,(H2,21,27)(H,25,28);1-7,9H,8,16H2,(H2,17,22);4*1H4. The number of aromatic nitrogens is 16. The molecule has 0 aliphatic rings. The number of amides is 7. The van der Waals surface area contributed by atoms with E-state index in [1.165, 1.54) is 69.5 Å². The number of hydrogen-bond donors (Lipinski definition) is 8. The molecule has 42 heteroatoms. The number of benzene rings is 5. The lowest BCUT2D eigenvalue weighted by Crippen LogP contribution is -2.27. The van der Waals surface area contributed by atoms with E-state index < -0.39 is 69.9 Å². The van der Waals surface area contributed by atoms with Crippen LogP contribution in [0.1, 0.15) is 76.8 Å². The normalized spacial score (nSPS) is 10.6. The number of halogens is 4. The largest absolute Gasteiger partial charge is 0.468 e. The van der Waals surface area contributed by atoms with Gasteiger partial charge in [0, 0.05) is 124 Å². The molecule has 656 valence electrons. The summed E-state index contributed by atoms with van der Waals surface area (Å²) in [6, 6.07) is 35.8. The first-order valence-electron chi connectivity index (χ1n) is 35.7. The number of urea groups is 1. The Balaban J connectivity index is 0.000000258. The number of hydrogen-bond acceptors (Lipinski definition) is 27. The van der Waals surface area contributed by atoms with Crippen LogP contribution in [0.5, 0.6) is 46.5 Å². The summed E-state index contributed by atoms with van der Waals surface area (Å²) in [5.41, 5.74) is 25.8. The Morgan fingerprint density at radius 3 is 1.01 bits per heavy atom. The fourth-order valence-corrected chi connectivity index (χ4v) is 10.4. The van der Waals surface area contributed by atoms with Crippen LogP contribution in [0.4, 0.5) is 56.0 Å². The quantitative estimate of drug-likeness (QED) is 0.0158. The molecular weight excluding hydrogens is 1650 g/mol. The van der Waals surface area contributed by atoms with Crippen LogP contribution >= 0.6 is 11.6 Å². The number of methoxy groups -OCH3 is 1. The molecule has 12 N–H and O–H groups in total. The van der Waals surface area contributed by atoms with Gasteiger partial charge in [-0.25, -0.2) is 54.3 Å². The lowest BCUT2D eigenvalue weighted by atomic mass is 10.2. The minimum Gasteiger partial charge on any atom is -0.468 e. The number of primary amides is 3. The third-order valence-electron chi connectivity index (χ3n) is 15.1. The van der Waals surface area contributed by atoms with Crippen molar-refractivity contribution >= 4 is 81.9 Å². The van der Waals surface area contributed by atoms with Crippen molar-refractivity contribution in [1.29, 1.82) is 0 Å². The number of nitrogens with two attached hydrogens (primary N) is 4. The monoisotopic (exact) mass is 1740 g/mol. The Morgan fingerprint density at radius 1 is 0.400 bits per heavy atom. The van der Waals surface area contributed by atoms with E-state index >= 15 is 0 Å². The van der Waals surface area contributed by atoms with Gasteiger partial charge in [-0.15, -0.1) is 0 Å². The Morgan fingerprint density at radius 2 is 0.704 bits per heavy atom. The van der Waals surface area contributed by atoms with Gasteiger partial charge in [-0.3, -0.25) is 48.5 Å². The minimum atomic E-state index is -4.66. The van der Waals surface area contributed by atoms with Crippen molar-refractivity contribution in [1.82, 2.24) is 79.0 Å². The summed E-state index contributed by atoms with van der Waals surface area (Å²) < 4.78 is 83.0. The molecule has 5 aromatic carbocycles. The number of carbonyl (C=O) groups is 7. The highest BCUT2D eigenvalue weighted by molar-refractivity contribution is 6.31. The van der Waals surface area contributed by atoms with Crippen LogP contribution in [0.2, 0.25) is 5.02 Å². The molecule has 0 fully saturated rings. The van der Waals surface area contributed by atoms with Gasteiger partial charge in [0.05, 0.1) is 65.3 Å². The van der Waals surface area contributed by atoms with E-state index in [-0.39, 0.29) is 67.5 Å². The van der Waals surface area contributed by atoms with Gasteiger partial charge < -0.3 is 66.7 Å². The molecule has 0 spiro atoms. The van der Waals surface area contributed by atoms with E-state index in [1.807, 2.05) is 0 Å². The highest BCUT2D eigenvalue weighted by Gasteiger charge is 2.34. The number of carbonyl (C=O) groups excluding carboxylic acids is 7. The van der Waals surface area contributed by atoms with Crippen molar-refractivity contribution < 1.29 is 79.9 Å². The second-order valence-corrected chi connectivity index (χ2v) is 27.6. The van der Waals surface area contributed by atoms with Crippen molar-refractivity contribution in [2.75, 3.05) is 34.1 Å². The molecule has 8 aromatic heterocycles. The summed E-state index contributed by atoms with van der Waals surface area (Å²) in [5.74, 6) is 1.12. The summed E-state index contributed by atoms with van der Waals surface area (Å²) in [7, 11) is 1.32. The molecule has 13 aromatic rings. The first kappa shape index (κ1) is 97.9. The maximum Gasteiger partial charge on any atom is 0.417 e. The van der Waals surface area contributed by atoms with E-state index in [0.29, 0.717) is 103 Å². The van der Waals surface area contributed by atoms with Crippen LogP contribution in [0.3, 0.4) is 0 Å². The highest BCUT2D eigenvalue weighted by atomic mass is 35.5. The van der Waals surface area contributed by atoms with Gasteiger partial charge in [0.1, 0.15) is 85.7 Å². The molecule has 0 unspecified atom stereocenters. The van der Waals surface area contributed by atoms with Crippen LogP contribution in [0.15, 0.2) is 214 Å². The summed E-state index contributed by atoms with van der Waals surface area (Å²) in [6.45, 7) is 10.6. The van der Waals surface area contributed by atoms with Crippen LogP contribution in [0.25, 0.3) is 45.0 Å². The molecule has 13 rings (SSSR count). The van der Waals surface area contributed by atoms with Gasteiger partial charge in [-0.1, -0.05) is 65.6 Å². The average Bonchev–Trinajstić information content (AvgIpc) is 1.80. The molecular formula is C83H92ClF3N24O14. The Bertz CT molecular complexity index is 5830. The predicted octanol–water partition coefficient (Wildman–Crippen LogP) is 15.3. The van der Waals surface area contributed by atoms with Gasteiger partial charge >= 0.3 is 30.4 Å². The van der Waals surface area contributed by atoms with E-state index in [2.05, 4.69) is 86.3 Å². The third kappa shape index (κ3) is 31.9. The van der Waals surface area contributed by atoms with Crippen molar-refractivity contribution in [2.45, 2.75) is 115 Å². The van der Waals surface area contributed by atoms with Gasteiger partial charge in [0.2, 0.25) is 41.2 Å². The second kappa shape index (κ2) is 44.9. The van der Waals surface area contributed by atoms with Gasteiger partial charge in [0.25, 0.3) is 0 Å². The molecule has 7 amide bonds. The van der Waals surface area contributed by atoms with Crippen LogP contribution < -0.4 is 63.1 Å². The number of alkyl halides is 3. The minimum absolute atomic E-state index is 0. The maximum atomic E-state index is 13.0. The van der Waals surface area contributed by atoms with E-state index in [1.54, 1.807) is 200 Å². The van der Waals surface area contributed by atoms with Crippen LogP contribution in [0, 0.1) is 0 Å². The molecule has 38 nitrogen and oxygen atoms in total. The summed E-state index contributed by atoms with van der Waals surface area (Å²) >= 11 is 5.60. The smallest absolute Gasteiger partial charge is 0.417 e.